The maximum absolute atomic E-state index is 3.72. The number of rotatable bonds is 8. The molecule has 0 N–H and O–H groups in total. The minimum atomic E-state index is 1.17. The Balaban J connectivity index is 0.000000519. The van der Waals surface area contributed by atoms with Gasteiger partial charge in [0.25, 0.3) is 0 Å². The van der Waals surface area contributed by atoms with E-state index in [0.29, 0.717) is 0 Å². The van der Waals surface area contributed by atoms with Crippen LogP contribution >= 0.6 is 0 Å². The molecule has 0 spiro atoms. The third kappa shape index (κ3) is 27.4. The quantitative estimate of drug-likeness (QED) is 0.178. The number of unbranched alkanes of at least 4 members (excludes halogenated alkanes) is 4. The molecule has 0 amide bonds. The van der Waals surface area contributed by atoms with Crippen LogP contribution in [0.5, 0.6) is 0 Å². The predicted molar refractivity (Wildman–Crippen MR) is 208 cm³/mol. The molecule has 3 aromatic rings. The SMILES string of the molecule is C1=CCCCC1.C=CC1=CCCCC1.C=CCCCCCC.C=Cc1ccccc1.C=Cc1ccccc1C.c1ccccc1. The standard InChI is InChI=1S/C9H10.C8H12.C8H8.C8H16.C6H10.C6H6/c1-3-9-7-5-4-6-8(9)2;2*1-2-8-6-4-3-5-7-8;1-3-5-7-8-6-4-2;2*1-2-4-6-5-3-1/h3-7H,1H2,2H3;2,6H,1,3-5,7H2;2-7H,1H2;3H,1,4-8H2,2H3;1-2H,3-6H2;1-6H. The molecule has 2 aliphatic rings. The summed E-state index contributed by atoms with van der Waals surface area (Å²) < 4.78 is 0. The van der Waals surface area contributed by atoms with E-state index < -0.39 is 0 Å². The van der Waals surface area contributed by atoms with Crippen molar-refractivity contribution in [1.29, 1.82) is 0 Å². The van der Waals surface area contributed by atoms with Gasteiger partial charge in [-0.25, -0.2) is 0 Å². The summed E-state index contributed by atoms with van der Waals surface area (Å²) in [6.07, 6.45) is 31.8. The van der Waals surface area contributed by atoms with E-state index in [-0.39, 0.29) is 0 Å². The van der Waals surface area contributed by atoms with Crippen molar-refractivity contribution in [3.63, 3.8) is 0 Å². The van der Waals surface area contributed by atoms with Crippen molar-refractivity contribution in [3.8, 4) is 0 Å². The van der Waals surface area contributed by atoms with Gasteiger partial charge in [-0.1, -0.05) is 185 Å². The normalized spacial score (nSPS) is 12.4. The number of hydrogen-bond acceptors (Lipinski definition) is 0. The van der Waals surface area contributed by atoms with Gasteiger partial charge in [0, 0.05) is 0 Å². The third-order valence-corrected chi connectivity index (χ3v) is 7.12. The molecule has 2 aliphatic carbocycles. The molecule has 0 atom stereocenters. The van der Waals surface area contributed by atoms with Gasteiger partial charge in [-0.2, -0.15) is 0 Å². The van der Waals surface area contributed by atoms with Crippen molar-refractivity contribution in [3.05, 3.63) is 170 Å². The van der Waals surface area contributed by atoms with E-state index in [9.17, 15) is 0 Å². The van der Waals surface area contributed by atoms with E-state index in [4.69, 9.17) is 0 Å². The lowest BCUT2D eigenvalue weighted by Crippen LogP contribution is -1.86. The molecule has 0 radical (unpaired) electrons. The van der Waals surface area contributed by atoms with E-state index in [1.807, 2.05) is 103 Å². The second-order valence-corrected chi connectivity index (χ2v) is 11.0. The van der Waals surface area contributed by atoms with Crippen LogP contribution in [0.3, 0.4) is 0 Å². The van der Waals surface area contributed by atoms with E-state index in [1.54, 1.807) is 0 Å². The van der Waals surface area contributed by atoms with Crippen molar-refractivity contribution >= 4 is 12.2 Å². The van der Waals surface area contributed by atoms with Crippen molar-refractivity contribution in [2.75, 3.05) is 0 Å². The lowest BCUT2D eigenvalue weighted by atomic mass is 10.0. The Bertz CT molecular complexity index is 1110. The molecule has 242 valence electrons. The molecular weight excluding hydrogens is 540 g/mol. The van der Waals surface area contributed by atoms with Gasteiger partial charge in [-0.3, -0.25) is 0 Å². The molecule has 0 unspecified atom stereocenters. The Morgan fingerprint density at radius 3 is 1.49 bits per heavy atom. The largest absolute Gasteiger partial charge is 0.103 e. The van der Waals surface area contributed by atoms with Crippen LogP contribution in [-0.2, 0) is 0 Å². The average Bonchev–Trinajstić information content (AvgIpc) is 3.14. The Kier molecular flexibility index (Phi) is 30.1. The molecule has 0 aromatic heterocycles. The molecule has 0 bridgehead atoms. The molecule has 0 saturated carbocycles. The second kappa shape index (κ2) is 33.0. The fourth-order valence-electron chi connectivity index (χ4n) is 4.31. The van der Waals surface area contributed by atoms with Crippen LogP contribution < -0.4 is 0 Å². The molecule has 45 heavy (non-hydrogen) atoms. The summed E-state index contributed by atoms with van der Waals surface area (Å²) in [6.45, 7) is 19.0. The van der Waals surface area contributed by atoms with Crippen LogP contribution in [0, 0.1) is 6.92 Å². The van der Waals surface area contributed by atoms with E-state index in [2.05, 4.69) is 70.5 Å². The molecule has 5 rings (SSSR count). The third-order valence-electron chi connectivity index (χ3n) is 7.12. The van der Waals surface area contributed by atoms with Crippen molar-refractivity contribution in [2.24, 2.45) is 0 Å². The van der Waals surface area contributed by atoms with Gasteiger partial charge in [0.2, 0.25) is 0 Å². The predicted octanol–water partition coefficient (Wildman–Crippen LogP) is 14.6. The minimum Gasteiger partial charge on any atom is -0.103 e. The molecule has 0 heteroatoms. The number of benzene rings is 3. The van der Waals surface area contributed by atoms with Crippen LogP contribution in [0.1, 0.15) is 107 Å². The van der Waals surface area contributed by atoms with E-state index in [0.717, 1.165) is 0 Å². The molecule has 0 fully saturated rings. The lowest BCUT2D eigenvalue weighted by Gasteiger charge is -2.06. The monoisotopic (exact) mass is 602 g/mol. The smallest absolute Gasteiger partial charge is 0.0233 e. The molecular formula is C45H62. The summed E-state index contributed by atoms with van der Waals surface area (Å²) in [5, 5.41) is 0. The molecule has 0 aliphatic heterocycles. The fraction of sp³-hybridized carbons (Fsp3) is 0.333. The Hall–Kier alpha value is -3.90. The maximum Gasteiger partial charge on any atom is -0.0233 e. The van der Waals surface area contributed by atoms with Crippen LogP contribution in [0.2, 0.25) is 0 Å². The van der Waals surface area contributed by atoms with Crippen LogP contribution in [0.15, 0.2) is 153 Å². The topological polar surface area (TPSA) is 0 Å². The fourth-order valence-corrected chi connectivity index (χ4v) is 4.31. The van der Waals surface area contributed by atoms with Gasteiger partial charge in [0.05, 0.1) is 0 Å². The highest BCUT2D eigenvalue weighted by Gasteiger charge is 1.97. The first kappa shape index (κ1) is 41.1. The van der Waals surface area contributed by atoms with Gasteiger partial charge in [-0.15, -0.1) is 6.58 Å². The van der Waals surface area contributed by atoms with Crippen molar-refractivity contribution < 1.29 is 0 Å². The molecule has 0 heterocycles. The first-order valence-electron chi connectivity index (χ1n) is 17.1. The highest BCUT2D eigenvalue weighted by Crippen LogP contribution is 2.17. The summed E-state index contributed by atoms with van der Waals surface area (Å²) in [7, 11) is 0. The summed E-state index contributed by atoms with van der Waals surface area (Å²) in [4.78, 5) is 0. The van der Waals surface area contributed by atoms with E-state index >= 15 is 0 Å². The highest BCUT2D eigenvalue weighted by atomic mass is 14.0. The number of allylic oxidation sites excluding steroid dienone is 6. The zero-order valence-electron chi connectivity index (χ0n) is 28.7. The summed E-state index contributed by atoms with van der Waals surface area (Å²) in [5.41, 5.74) is 5.12. The van der Waals surface area contributed by atoms with Gasteiger partial charge >= 0.3 is 0 Å². The summed E-state index contributed by atoms with van der Waals surface area (Å²) >= 11 is 0. The van der Waals surface area contributed by atoms with E-state index in [1.165, 1.54) is 106 Å². The molecule has 0 nitrogen and oxygen atoms in total. The second-order valence-electron chi connectivity index (χ2n) is 11.0. The zero-order chi connectivity index (χ0) is 33.1. The average molecular weight is 603 g/mol. The molecule has 0 saturated heterocycles. The van der Waals surface area contributed by atoms with Gasteiger partial charge in [-0.05, 0) is 87.8 Å². The first-order chi connectivity index (χ1) is 22.1. The first-order valence-corrected chi connectivity index (χ1v) is 17.1. The Labute approximate surface area is 278 Å². The summed E-state index contributed by atoms with van der Waals surface area (Å²) in [6, 6.07) is 30.2. The molecule has 3 aromatic carbocycles. The van der Waals surface area contributed by atoms with Gasteiger partial charge in [0.15, 0.2) is 0 Å². The van der Waals surface area contributed by atoms with Crippen LogP contribution in [0.25, 0.3) is 12.2 Å². The summed E-state index contributed by atoms with van der Waals surface area (Å²) in [5.74, 6) is 0. The Morgan fingerprint density at radius 2 is 1.13 bits per heavy atom. The Morgan fingerprint density at radius 1 is 0.578 bits per heavy atom. The lowest BCUT2D eigenvalue weighted by molar-refractivity contribution is 0.675. The van der Waals surface area contributed by atoms with Crippen LogP contribution in [0.4, 0.5) is 0 Å². The highest BCUT2D eigenvalue weighted by molar-refractivity contribution is 5.50. The number of hydrogen-bond donors (Lipinski definition) is 0. The maximum atomic E-state index is 3.72. The van der Waals surface area contributed by atoms with Crippen molar-refractivity contribution in [2.45, 2.75) is 97.3 Å². The van der Waals surface area contributed by atoms with Crippen LogP contribution in [-0.4, -0.2) is 0 Å². The van der Waals surface area contributed by atoms with Gasteiger partial charge in [0.1, 0.15) is 0 Å². The van der Waals surface area contributed by atoms with Crippen molar-refractivity contribution in [1.82, 2.24) is 0 Å². The van der Waals surface area contributed by atoms with Gasteiger partial charge < -0.3 is 0 Å². The minimum absolute atomic E-state index is 1.17. The zero-order valence-corrected chi connectivity index (χ0v) is 28.7. The number of aryl methyl sites for hydroxylation is 1.